The molecular formula is C15H13BrN6O4. The van der Waals surface area contributed by atoms with Crippen LogP contribution in [-0.2, 0) is 24.9 Å². The average Bonchev–Trinajstić information content (AvgIpc) is 2.90. The molecule has 10 nitrogen and oxygen atoms in total. The van der Waals surface area contributed by atoms with Crippen LogP contribution >= 0.6 is 15.9 Å². The second-order valence-electron chi connectivity index (χ2n) is 5.45. The number of amides is 1. The summed E-state index contributed by atoms with van der Waals surface area (Å²) in [5.41, 5.74) is 0.295. The van der Waals surface area contributed by atoms with Crippen molar-refractivity contribution in [3.8, 4) is 0 Å². The highest BCUT2D eigenvalue weighted by Gasteiger charge is 2.16. The van der Waals surface area contributed by atoms with E-state index in [2.05, 4.69) is 31.3 Å². The molecule has 0 aliphatic heterocycles. The van der Waals surface area contributed by atoms with Gasteiger partial charge in [0.05, 0.1) is 4.92 Å². The summed E-state index contributed by atoms with van der Waals surface area (Å²) in [6, 6.07) is 6.13. The standard InChI is InChI=1S/C15H13BrN6O4/c1-20-14-12(13(16)19-20)15(24)21(8-18-14)7-11(23)17-6-9-4-2-3-5-10(9)22(25)26/h2-5,8H,6-7H2,1H3,(H,17,23). The Labute approximate surface area is 154 Å². The summed E-state index contributed by atoms with van der Waals surface area (Å²) < 4.78 is 2.96. The number of nitrogens with zero attached hydrogens (tertiary/aromatic N) is 5. The minimum Gasteiger partial charge on any atom is -0.350 e. The molecule has 134 valence electrons. The van der Waals surface area contributed by atoms with Crippen molar-refractivity contribution in [2.75, 3.05) is 0 Å². The number of hydrogen-bond acceptors (Lipinski definition) is 6. The molecule has 0 unspecified atom stereocenters. The smallest absolute Gasteiger partial charge is 0.274 e. The number of carbonyl (C=O) groups is 1. The van der Waals surface area contributed by atoms with Gasteiger partial charge in [0.2, 0.25) is 5.91 Å². The summed E-state index contributed by atoms with van der Waals surface area (Å²) in [5, 5.41) is 17.9. The molecule has 2 aromatic heterocycles. The van der Waals surface area contributed by atoms with E-state index in [0.717, 1.165) is 4.57 Å². The molecule has 1 aromatic carbocycles. The first kappa shape index (κ1) is 17.7. The number of halogens is 1. The number of nitro groups is 1. The summed E-state index contributed by atoms with van der Waals surface area (Å²) in [4.78, 5) is 39.2. The van der Waals surface area contributed by atoms with E-state index in [1.54, 1.807) is 25.2 Å². The second-order valence-corrected chi connectivity index (χ2v) is 6.20. The molecule has 0 saturated carbocycles. The SMILES string of the molecule is Cn1nc(Br)c2c(=O)n(CC(=O)NCc3ccccc3[N+](=O)[O-])cnc21. The first-order valence-electron chi connectivity index (χ1n) is 7.45. The third-order valence-corrected chi connectivity index (χ3v) is 4.30. The Kier molecular flexibility index (Phi) is 4.80. The van der Waals surface area contributed by atoms with Crippen molar-refractivity contribution in [1.82, 2.24) is 24.6 Å². The van der Waals surface area contributed by atoms with Gasteiger partial charge in [0.1, 0.15) is 22.9 Å². The minimum absolute atomic E-state index is 0.0169. The first-order chi connectivity index (χ1) is 12.4. The molecule has 0 spiro atoms. The van der Waals surface area contributed by atoms with Crippen LogP contribution < -0.4 is 10.9 Å². The molecule has 0 saturated heterocycles. The van der Waals surface area contributed by atoms with Gasteiger partial charge < -0.3 is 5.32 Å². The molecule has 0 atom stereocenters. The molecule has 3 rings (SSSR count). The normalized spacial score (nSPS) is 10.8. The van der Waals surface area contributed by atoms with Gasteiger partial charge >= 0.3 is 0 Å². The third-order valence-electron chi connectivity index (χ3n) is 3.75. The van der Waals surface area contributed by atoms with E-state index in [1.165, 1.54) is 17.1 Å². The average molecular weight is 421 g/mol. The number of aromatic nitrogens is 4. The number of aryl methyl sites for hydroxylation is 1. The van der Waals surface area contributed by atoms with E-state index in [-0.39, 0.29) is 24.2 Å². The highest BCUT2D eigenvalue weighted by molar-refractivity contribution is 9.10. The van der Waals surface area contributed by atoms with E-state index in [1.807, 2.05) is 0 Å². The molecule has 0 fully saturated rings. The summed E-state index contributed by atoms with van der Waals surface area (Å²) in [6.07, 6.45) is 1.27. The fourth-order valence-electron chi connectivity index (χ4n) is 2.49. The van der Waals surface area contributed by atoms with Crippen LogP contribution in [0.1, 0.15) is 5.56 Å². The molecule has 0 bridgehead atoms. The van der Waals surface area contributed by atoms with Crippen LogP contribution in [0.5, 0.6) is 0 Å². The van der Waals surface area contributed by atoms with Crippen molar-refractivity contribution in [3.05, 3.63) is 61.2 Å². The van der Waals surface area contributed by atoms with Crippen LogP contribution in [-0.4, -0.2) is 30.2 Å². The van der Waals surface area contributed by atoms with Crippen molar-refractivity contribution in [2.45, 2.75) is 13.1 Å². The topological polar surface area (TPSA) is 125 Å². The van der Waals surface area contributed by atoms with E-state index in [4.69, 9.17) is 0 Å². The van der Waals surface area contributed by atoms with E-state index >= 15 is 0 Å². The lowest BCUT2D eigenvalue weighted by atomic mass is 10.2. The van der Waals surface area contributed by atoms with Crippen molar-refractivity contribution < 1.29 is 9.72 Å². The van der Waals surface area contributed by atoms with Gasteiger partial charge in [0.25, 0.3) is 11.2 Å². The quantitative estimate of drug-likeness (QED) is 0.486. The maximum atomic E-state index is 12.5. The molecule has 1 N–H and O–H groups in total. The number of para-hydroxylation sites is 1. The van der Waals surface area contributed by atoms with Crippen LogP contribution in [0.2, 0.25) is 0 Å². The summed E-state index contributed by atoms with van der Waals surface area (Å²) in [7, 11) is 1.66. The number of rotatable bonds is 5. The Hall–Kier alpha value is -3.08. The molecular weight excluding hydrogens is 408 g/mol. The number of nitrogens with one attached hydrogen (secondary N) is 1. The highest BCUT2D eigenvalue weighted by Crippen LogP contribution is 2.18. The number of carbonyl (C=O) groups excluding carboxylic acids is 1. The zero-order chi connectivity index (χ0) is 18.8. The largest absolute Gasteiger partial charge is 0.350 e. The Morgan fingerprint density at radius 3 is 2.85 bits per heavy atom. The van der Waals surface area contributed by atoms with Gasteiger partial charge in [-0.2, -0.15) is 5.10 Å². The van der Waals surface area contributed by atoms with Crippen molar-refractivity contribution in [2.24, 2.45) is 7.05 Å². The minimum atomic E-state index is -0.510. The van der Waals surface area contributed by atoms with Crippen LogP contribution in [0.3, 0.4) is 0 Å². The lowest BCUT2D eigenvalue weighted by molar-refractivity contribution is -0.385. The Morgan fingerprint density at radius 2 is 2.12 bits per heavy atom. The fraction of sp³-hybridized carbons (Fsp3) is 0.200. The van der Waals surface area contributed by atoms with Crippen molar-refractivity contribution >= 4 is 38.6 Å². The van der Waals surface area contributed by atoms with Crippen LogP contribution in [0, 0.1) is 10.1 Å². The van der Waals surface area contributed by atoms with Crippen LogP contribution in [0.4, 0.5) is 5.69 Å². The molecule has 3 aromatic rings. The predicted octanol–water partition coefficient (Wildman–Crippen LogP) is 1.12. The first-order valence-corrected chi connectivity index (χ1v) is 8.24. The zero-order valence-electron chi connectivity index (χ0n) is 13.5. The monoisotopic (exact) mass is 420 g/mol. The number of fused-ring (bicyclic) bond motifs is 1. The maximum Gasteiger partial charge on any atom is 0.274 e. The summed E-state index contributed by atoms with van der Waals surface area (Å²) in [5.74, 6) is -0.466. The molecule has 1 amide bonds. The molecule has 0 aliphatic rings. The van der Waals surface area contributed by atoms with Gasteiger partial charge in [-0.3, -0.25) is 24.3 Å². The van der Waals surface area contributed by atoms with Crippen LogP contribution in [0.25, 0.3) is 11.0 Å². The van der Waals surface area contributed by atoms with Gasteiger partial charge in [0, 0.05) is 25.2 Å². The Balaban J connectivity index is 1.76. The van der Waals surface area contributed by atoms with Gasteiger partial charge in [-0.25, -0.2) is 9.67 Å². The summed E-state index contributed by atoms with van der Waals surface area (Å²) >= 11 is 3.20. The van der Waals surface area contributed by atoms with E-state index < -0.39 is 16.4 Å². The lowest BCUT2D eigenvalue weighted by Gasteiger charge is -2.08. The fourth-order valence-corrected chi connectivity index (χ4v) is 3.08. The van der Waals surface area contributed by atoms with Gasteiger partial charge in [-0.1, -0.05) is 18.2 Å². The predicted molar refractivity (Wildman–Crippen MR) is 95.4 cm³/mol. The van der Waals surface area contributed by atoms with Gasteiger partial charge in [-0.15, -0.1) is 0 Å². The van der Waals surface area contributed by atoms with Crippen molar-refractivity contribution in [1.29, 1.82) is 0 Å². The number of benzene rings is 1. The molecule has 26 heavy (non-hydrogen) atoms. The lowest BCUT2D eigenvalue weighted by Crippen LogP contribution is -2.32. The molecule has 0 radical (unpaired) electrons. The molecule has 0 aliphatic carbocycles. The van der Waals surface area contributed by atoms with E-state index in [9.17, 15) is 19.7 Å². The van der Waals surface area contributed by atoms with E-state index in [0.29, 0.717) is 15.8 Å². The number of hydrogen-bond donors (Lipinski definition) is 1. The zero-order valence-corrected chi connectivity index (χ0v) is 15.1. The molecule has 11 heteroatoms. The third kappa shape index (κ3) is 3.33. The highest BCUT2D eigenvalue weighted by atomic mass is 79.9. The van der Waals surface area contributed by atoms with Crippen LogP contribution in [0.15, 0.2) is 40.0 Å². The Morgan fingerprint density at radius 1 is 1.38 bits per heavy atom. The second kappa shape index (κ2) is 7.04. The molecule has 2 heterocycles. The van der Waals surface area contributed by atoms with Gasteiger partial charge in [0.15, 0.2) is 5.65 Å². The maximum absolute atomic E-state index is 12.5. The van der Waals surface area contributed by atoms with Crippen molar-refractivity contribution in [3.63, 3.8) is 0 Å². The summed E-state index contributed by atoms with van der Waals surface area (Å²) in [6.45, 7) is -0.277. The van der Waals surface area contributed by atoms with Gasteiger partial charge in [-0.05, 0) is 15.9 Å². The Bertz CT molecular complexity index is 1070. The number of nitro benzene ring substituents is 1.